The SMILES string of the molecule is CP(C)(=O)c1cccc(-c2c3ccccc3c(-c3cccc(-c4cc(-c5ccccc5)nc(-c5ccccc5)n4)c3)c3ccccc23)c1.c1ccc(-c2cccc(-c3nc(-c4ccccc4)nc(-c4cccc(-c5nc(-c6ccccc6)c(-c6ccccc6)nc5-c5ccccc5)c4)n3)c2)cc1. The van der Waals surface area contributed by atoms with Crippen molar-refractivity contribution in [1.29, 1.82) is 0 Å². The number of nitrogens with zero attached hydrogens (tertiary/aromatic N) is 7. The Morgan fingerprint density at radius 3 is 0.902 bits per heavy atom. The highest BCUT2D eigenvalue weighted by Crippen LogP contribution is 2.46. The standard InChI is InChI=1S/C49H33N5.C44H33N2OP/c1-6-18-34(19-7-1)39-28-16-30-41(32-39)48-52-47(38-26-14-5-15-27-38)53-49(54-48)42-31-17-29-40(33-42)46-45(37-24-12-4-13-25-37)50-43(35-20-8-2-9-21-35)44(51-46)36-22-10-3-11-23-36;1-48(2,47)35-22-14-21-34(28-35)43-38-25-11-9-23-36(38)42(37-24-10-12-26-39(37)43)33-20-13-19-32(27-33)41-29-40(30-15-5-3-6-16-30)45-44(46-41)31-17-7-4-8-18-31/h1-33H;3-29H,1-2H3. The summed E-state index contributed by atoms with van der Waals surface area (Å²) in [5, 5.41) is 5.55. The molecule has 17 rings (SSSR count). The quantitative estimate of drug-likeness (QED) is 0.0783. The molecule has 0 saturated heterocycles. The highest BCUT2D eigenvalue weighted by atomic mass is 31.2. The van der Waals surface area contributed by atoms with Gasteiger partial charge in [-0.1, -0.05) is 334 Å². The third kappa shape index (κ3) is 13.4. The molecule has 0 saturated carbocycles. The first kappa shape index (κ1) is 63.7. The molecule has 484 valence electrons. The number of fused-ring (bicyclic) bond motifs is 2. The van der Waals surface area contributed by atoms with Crippen molar-refractivity contribution in [3.8, 4) is 146 Å². The molecular weight excluding hydrogens is 1260 g/mol. The molecule has 0 bridgehead atoms. The molecule has 0 radical (unpaired) electrons. The van der Waals surface area contributed by atoms with Crippen molar-refractivity contribution >= 4 is 34.0 Å². The molecule has 0 aliphatic carbocycles. The van der Waals surface area contributed by atoms with E-state index in [0.29, 0.717) is 23.3 Å². The Bertz CT molecular complexity index is 5810. The lowest BCUT2D eigenvalue weighted by Crippen LogP contribution is -2.02. The van der Waals surface area contributed by atoms with Gasteiger partial charge >= 0.3 is 0 Å². The van der Waals surface area contributed by atoms with E-state index in [-0.39, 0.29) is 0 Å². The summed E-state index contributed by atoms with van der Waals surface area (Å²) < 4.78 is 13.1. The summed E-state index contributed by atoms with van der Waals surface area (Å²) in [5.74, 6) is 2.48. The molecule has 14 aromatic carbocycles. The smallest absolute Gasteiger partial charge is 0.164 e. The third-order valence-corrected chi connectivity index (χ3v) is 19.8. The summed E-state index contributed by atoms with van der Waals surface area (Å²) in [6.07, 6.45) is 0. The minimum atomic E-state index is -2.44. The zero-order valence-corrected chi connectivity index (χ0v) is 57.0. The van der Waals surface area contributed by atoms with E-state index in [2.05, 4.69) is 212 Å². The van der Waals surface area contributed by atoms with Crippen LogP contribution in [-0.2, 0) is 4.57 Å². The molecule has 0 amide bonds. The molecule has 9 heteroatoms. The van der Waals surface area contributed by atoms with Crippen LogP contribution in [0, 0.1) is 0 Å². The highest BCUT2D eigenvalue weighted by molar-refractivity contribution is 7.70. The van der Waals surface area contributed by atoms with E-state index in [9.17, 15) is 4.57 Å². The van der Waals surface area contributed by atoms with Crippen molar-refractivity contribution in [1.82, 2.24) is 34.9 Å². The van der Waals surface area contributed by atoms with Crippen LogP contribution in [0.5, 0.6) is 0 Å². The van der Waals surface area contributed by atoms with E-state index < -0.39 is 7.14 Å². The Labute approximate surface area is 593 Å². The van der Waals surface area contributed by atoms with E-state index in [4.69, 9.17) is 34.9 Å². The predicted octanol–water partition coefficient (Wildman–Crippen LogP) is 23.4. The molecule has 0 unspecified atom stereocenters. The predicted molar refractivity (Wildman–Crippen MR) is 422 cm³/mol. The maximum Gasteiger partial charge on any atom is 0.164 e. The van der Waals surface area contributed by atoms with Crippen LogP contribution in [0.3, 0.4) is 0 Å². The monoisotopic (exact) mass is 1330 g/mol. The highest BCUT2D eigenvalue weighted by Gasteiger charge is 2.23. The van der Waals surface area contributed by atoms with E-state index in [1.54, 1.807) is 0 Å². The molecule has 8 nitrogen and oxygen atoms in total. The Balaban J connectivity index is 0.000000159. The van der Waals surface area contributed by atoms with Crippen LogP contribution >= 0.6 is 7.14 Å². The summed E-state index contributed by atoms with van der Waals surface area (Å²) in [5.41, 5.74) is 21.3. The molecular formula is C93H66N7OP. The largest absolute Gasteiger partial charge is 0.319 e. The van der Waals surface area contributed by atoms with Crippen molar-refractivity contribution in [3.63, 3.8) is 0 Å². The lowest BCUT2D eigenvalue weighted by Gasteiger charge is -2.19. The summed E-state index contributed by atoms with van der Waals surface area (Å²) >= 11 is 0. The molecule has 3 heterocycles. The van der Waals surface area contributed by atoms with Crippen molar-refractivity contribution in [2.24, 2.45) is 0 Å². The summed E-state index contributed by atoms with van der Waals surface area (Å²) in [7, 11) is -2.44. The van der Waals surface area contributed by atoms with Crippen LogP contribution in [0.4, 0.5) is 0 Å². The van der Waals surface area contributed by atoms with Crippen molar-refractivity contribution in [2.45, 2.75) is 0 Å². The number of rotatable bonds is 14. The molecule has 0 fully saturated rings. The van der Waals surface area contributed by atoms with Gasteiger partial charge in [0.15, 0.2) is 23.3 Å². The first-order chi connectivity index (χ1) is 50.2. The van der Waals surface area contributed by atoms with Gasteiger partial charge in [0.25, 0.3) is 0 Å². The van der Waals surface area contributed by atoms with Crippen LogP contribution in [0.25, 0.3) is 168 Å². The molecule has 0 atom stereocenters. The number of hydrogen-bond donors (Lipinski definition) is 0. The summed E-state index contributed by atoms with van der Waals surface area (Å²) in [6, 6.07) is 125. The minimum Gasteiger partial charge on any atom is -0.319 e. The van der Waals surface area contributed by atoms with Gasteiger partial charge in [0, 0.05) is 60.9 Å². The van der Waals surface area contributed by atoms with Gasteiger partial charge in [-0.25, -0.2) is 34.9 Å². The zero-order valence-electron chi connectivity index (χ0n) is 56.1. The Kier molecular flexibility index (Phi) is 17.8. The fourth-order valence-electron chi connectivity index (χ4n) is 13.3. The second kappa shape index (κ2) is 28.5. The number of aromatic nitrogens is 7. The maximum absolute atomic E-state index is 13.1. The van der Waals surface area contributed by atoms with E-state index in [1.165, 1.54) is 16.3 Å². The number of benzene rings is 14. The zero-order chi connectivity index (χ0) is 68.8. The van der Waals surface area contributed by atoms with Crippen molar-refractivity contribution < 1.29 is 4.57 Å². The first-order valence-corrected chi connectivity index (χ1v) is 36.7. The molecule has 0 aliphatic heterocycles. The van der Waals surface area contributed by atoms with Crippen molar-refractivity contribution in [3.05, 3.63) is 364 Å². The molecule has 0 spiro atoms. The second-order valence-electron chi connectivity index (χ2n) is 25.4. The normalized spacial score (nSPS) is 11.3. The Hall–Kier alpha value is -13.0. The Morgan fingerprint density at radius 1 is 0.196 bits per heavy atom. The second-order valence-corrected chi connectivity index (χ2v) is 28.7. The molecule has 17 aromatic rings. The van der Waals surface area contributed by atoms with Gasteiger partial charge in [-0.3, -0.25) is 0 Å². The minimum absolute atomic E-state index is 0.573. The van der Waals surface area contributed by atoms with Gasteiger partial charge in [-0.05, 0) is 98.6 Å². The van der Waals surface area contributed by atoms with E-state index in [0.717, 1.165) is 134 Å². The van der Waals surface area contributed by atoms with Gasteiger partial charge < -0.3 is 4.57 Å². The van der Waals surface area contributed by atoms with Crippen LogP contribution in [0.1, 0.15) is 0 Å². The van der Waals surface area contributed by atoms with Gasteiger partial charge in [0.05, 0.1) is 34.2 Å². The fourth-order valence-corrected chi connectivity index (χ4v) is 14.2. The van der Waals surface area contributed by atoms with Crippen LogP contribution < -0.4 is 5.30 Å². The summed E-state index contributed by atoms with van der Waals surface area (Å²) in [6.45, 7) is 3.67. The van der Waals surface area contributed by atoms with E-state index >= 15 is 0 Å². The lowest BCUT2D eigenvalue weighted by atomic mass is 9.85. The van der Waals surface area contributed by atoms with Gasteiger partial charge in [0.2, 0.25) is 0 Å². The molecule has 0 N–H and O–H groups in total. The lowest BCUT2D eigenvalue weighted by molar-refractivity contribution is 0.588. The topological polar surface area (TPSA) is 107 Å². The maximum atomic E-state index is 13.1. The first-order valence-electron chi connectivity index (χ1n) is 34.1. The Morgan fingerprint density at radius 2 is 0.471 bits per heavy atom. The molecule has 0 aliphatic rings. The fraction of sp³-hybridized carbons (Fsp3) is 0.0215. The average molecular weight is 1330 g/mol. The third-order valence-electron chi connectivity index (χ3n) is 18.3. The number of hydrogen-bond acceptors (Lipinski definition) is 8. The average Bonchev–Trinajstić information content (AvgIpc) is 0.729. The van der Waals surface area contributed by atoms with Gasteiger partial charge in [0.1, 0.15) is 7.14 Å². The van der Waals surface area contributed by atoms with Gasteiger partial charge in [-0.2, -0.15) is 0 Å². The van der Waals surface area contributed by atoms with Crippen LogP contribution in [0.15, 0.2) is 364 Å². The van der Waals surface area contributed by atoms with Crippen LogP contribution in [-0.4, -0.2) is 48.2 Å². The van der Waals surface area contributed by atoms with Gasteiger partial charge in [-0.15, -0.1) is 0 Å². The van der Waals surface area contributed by atoms with E-state index in [1.807, 2.05) is 165 Å². The summed E-state index contributed by atoms with van der Waals surface area (Å²) in [4.78, 5) is 36.1. The molecule has 3 aromatic heterocycles. The van der Waals surface area contributed by atoms with Crippen LogP contribution in [0.2, 0.25) is 0 Å². The van der Waals surface area contributed by atoms with Crippen molar-refractivity contribution in [2.75, 3.05) is 13.3 Å². The molecule has 102 heavy (non-hydrogen) atoms.